The highest BCUT2D eigenvalue weighted by Gasteiger charge is 2.58. The molecular formula is C24H28Cl2N4O. The lowest BCUT2D eigenvalue weighted by Gasteiger charge is -2.49. The van der Waals surface area contributed by atoms with Crippen molar-refractivity contribution in [3.8, 4) is 0 Å². The van der Waals surface area contributed by atoms with Gasteiger partial charge in [0, 0.05) is 30.3 Å². The number of fused-ring (bicyclic) bond motifs is 3. The van der Waals surface area contributed by atoms with Gasteiger partial charge in [-0.2, -0.15) is 5.10 Å². The van der Waals surface area contributed by atoms with E-state index in [9.17, 15) is 4.79 Å². The lowest BCUT2D eigenvalue weighted by Crippen LogP contribution is -2.52. The third-order valence-corrected chi connectivity index (χ3v) is 8.34. The monoisotopic (exact) mass is 458 g/mol. The molecule has 31 heavy (non-hydrogen) atoms. The van der Waals surface area contributed by atoms with Crippen LogP contribution in [0.15, 0.2) is 35.5 Å². The number of nitrogens with zero attached hydrogens (tertiary/aromatic N) is 3. The number of benzene rings is 1. The molecule has 7 heteroatoms. The molecule has 1 aromatic heterocycles. The van der Waals surface area contributed by atoms with Crippen LogP contribution >= 0.6 is 23.2 Å². The van der Waals surface area contributed by atoms with Crippen molar-refractivity contribution >= 4 is 40.5 Å². The van der Waals surface area contributed by atoms with Gasteiger partial charge in [-0.25, -0.2) is 9.67 Å². The lowest BCUT2D eigenvalue weighted by atomic mass is 9.54. The van der Waals surface area contributed by atoms with E-state index >= 15 is 0 Å². The fourth-order valence-electron chi connectivity index (χ4n) is 6.67. The van der Waals surface area contributed by atoms with Crippen LogP contribution in [0.3, 0.4) is 0 Å². The van der Waals surface area contributed by atoms with Crippen LogP contribution in [-0.2, 0) is 4.79 Å². The van der Waals surface area contributed by atoms with E-state index in [0.29, 0.717) is 16.1 Å². The van der Waals surface area contributed by atoms with Gasteiger partial charge in [-0.15, -0.1) is 0 Å². The number of hydrogen-bond acceptors (Lipinski definition) is 4. The maximum atomic E-state index is 14.4. The molecular weight excluding hydrogens is 431 g/mol. The van der Waals surface area contributed by atoms with Gasteiger partial charge in [-0.1, -0.05) is 50.0 Å². The van der Waals surface area contributed by atoms with Crippen LogP contribution in [0.1, 0.15) is 52.1 Å². The van der Waals surface area contributed by atoms with Crippen LogP contribution in [0.5, 0.6) is 0 Å². The highest BCUT2D eigenvalue weighted by Crippen LogP contribution is 2.56. The first-order valence-corrected chi connectivity index (χ1v) is 11.7. The van der Waals surface area contributed by atoms with E-state index in [4.69, 9.17) is 28.2 Å². The minimum Gasteiger partial charge on any atom is -0.313 e. The van der Waals surface area contributed by atoms with Crippen molar-refractivity contribution in [3.05, 3.63) is 46.1 Å². The Morgan fingerprint density at radius 2 is 1.94 bits per heavy atom. The molecule has 164 valence electrons. The Labute approximate surface area is 193 Å². The topological polar surface area (TPSA) is 59.3 Å². The van der Waals surface area contributed by atoms with Gasteiger partial charge in [0.05, 0.1) is 28.2 Å². The zero-order valence-electron chi connectivity index (χ0n) is 18.3. The third-order valence-electron chi connectivity index (χ3n) is 7.60. The SMILES string of the molecule is CC1=Nc2ccnn2C(c2ccc(Cl)c(Cl)c2)C1C(=O)C1C(C)(C)CC2CC1(C)CN2. The molecule has 1 N–H and O–H groups in total. The first kappa shape index (κ1) is 21.2. The zero-order chi connectivity index (χ0) is 22.1. The molecule has 0 amide bonds. The van der Waals surface area contributed by atoms with Gasteiger partial charge in [-0.3, -0.25) is 4.79 Å². The summed E-state index contributed by atoms with van der Waals surface area (Å²) in [5, 5.41) is 9.18. The third kappa shape index (κ3) is 3.28. The van der Waals surface area contributed by atoms with Crippen LogP contribution in [0.25, 0.3) is 0 Å². The van der Waals surface area contributed by atoms with Gasteiger partial charge in [0.2, 0.25) is 0 Å². The van der Waals surface area contributed by atoms with E-state index in [-0.39, 0.29) is 28.6 Å². The van der Waals surface area contributed by atoms with Gasteiger partial charge in [0.25, 0.3) is 0 Å². The Morgan fingerprint density at radius 1 is 1.16 bits per heavy atom. The maximum absolute atomic E-state index is 14.4. The first-order chi connectivity index (χ1) is 14.6. The molecule has 1 aromatic carbocycles. The van der Waals surface area contributed by atoms with Crippen LogP contribution < -0.4 is 5.32 Å². The molecule has 2 aromatic rings. The number of ketones is 1. The summed E-state index contributed by atoms with van der Waals surface area (Å²) in [4.78, 5) is 19.2. The average Bonchev–Trinajstić information content (AvgIpc) is 3.26. The van der Waals surface area contributed by atoms with Gasteiger partial charge in [0.15, 0.2) is 5.82 Å². The average molecular weight is 459 g/mol. The predicted octanol–water partition coefficient (Wildman–Crippen LogP) is 5.48. The van der Waals surface area contributed by atoms with Crippen LogP contribution in [-0.4, -0.2) is 33.9 Å². The lowest BCUT2D eigenvalue weighted by molar-refractivity contribution is -0.137. The van der Waals surface area contributed by atoms with E-state index in [2.05, 4.69) is 31.2 Å². The highest BCUT2D eigenvalue weighted by atomic mass is 35.5. The molecule has 2 fully saturated rings. The molecule has 3 heterocycles. The fourth-order valence-corrected chi connectivity index (χ4v) is 6.98. The minimum absolute atomic E-state index is 0.0592. The number of carbonyl (C=O) groups excluding carboxylic acids is 1. The minimum atomic E-state index is -0.400. The van der Waals surface area contributed by atoms with Crippen LogP contribution in [0, 0.1) is 22.7 Å². The number of halogens is 2. The van der Waals surface area contributed by atoms with E-state index in [1.807, 2.05) is 29.8 Å². The highest BCUT2D eigenvalue weighted by molar-refractivity contribution is 6.42. The predicted molar refractivity (Wildman–Crippen MR) is 124 cm³/mol. The second kappa shape index (κ2) is 7.16. The molecule has 5 rings (SSSR count). The summed E-state index contributed by atoms with van der Waals surface area (Å²) in [6, 6.07) is 7.68. The second-order valence-electron chi connectivity index (χ2n) is 10.4. The summed E-state index contributed by atoms with van der Waals surface area (Å²) in [6.07, 6.45) is 3.79. The normalized spacial score (nSPS) is 33.7. The Bertz CT molecular complexity index is 1090. The summed E-state index contributed by atoms with van der Waals surface area (Å²) in [7, 11) is 0. The molecule has 5 unspecified atom stereocenters. The number of aliphatic imine (C=N–C) groups is 1. The second-order valence-corrected chi connectivity index (χ2v) is 11.3. The van der Waals surface area contributed by atoms with Gasteiger partial charge < -0.3 is 5.32 Å². The Kier molecular flexibility index (Phi) is 4.89. The van der Waals surface area contributed by atoms with Crippen molar-refractivity contribution in [1.29, 1.82) is 0 Å². The Balaban J connectivity index is 1.63. The first-order valence-electron chi connectivity index (χ1n) is 10.9. The summed E-state index contributed by atoms with van der Waals surface area (Å²) < 4.78 is 1.86. The van der Waals surface area contributed by atoms with Crippen molar-refractivity contribution in [1.82, 2.24) is 15.1 Å². The molecule has 5 atom stereocenters. The number of nitrogens with one attached hydrogen (secondary N) is 1. The fraction of sp³-hybridized carbons (Fsp3) is 0.542. The molecule has 0 spiro atoms. The molecule has 1 saturated carbocycles. The van der Waals surface area contributed by atoms with E-state index in [1.165, 1.54) is 0 Å². The smallest absolute Gasteiger partial charge is 0.150 e. The molecule has 3 aliphatic rings. The number of rotatable bonds is 3. The molecule has 2 bridgehead atoms. The van der Waals surface area contributed by atoms with Crippen molar-refractivity contribution < 1.29 is 4.79 Å². The number of carbonyl (C=O) groups is 1. The Morgan fingerprint density at radius 3 is 2.68 bits per heavy atom. The van der Waals surface area contributed by atoms with E-state index < -0.39 is 5.92 Å². The number of Topliss-reactive ketones (excluding diaryl/α,β-unsaturated/α-hetero) is 1. The van der Waals surface area contributed by atoms with E-state index in [1.54, 1.807) is 12.3 Å². The number of aromatic nitrogens is 2. The van der Waals surface area contributed by atoms with Crippen molar-refractivity contribution in [2.45, 2.75) is 52.6 Å². The molecule has 2 aliphatic heterocycles. The number of hydrogen-bond donors (Lipinski definition) is 1. The van der Waals surface area contributed by atoms with E-state index in [0.717, 1.165) is 36.5 Å². The standard InChI is InChI=1S/C24H28Cl2N4O/c1-13-19(21(31)22-23(2,3)10-15-11-24(22,4)12-27-15)20(30-18(29-13)7-8-28-30)14-5-6-16(25)17(26)9-14/h5-9,15,19-20,22,27H,10-12H2,1-4H3. The molecule has 0 radical (unpaired) electrons. The Hall–Kier alpha value is -1.69. The summed E-state index contributed by atoms with van der Waals surface area (Å²) in [5.41, 5.74) is 1.61. The van der Waals surface area contributed by atoms with Crippen molar-refractivity contribution in [3.63, 3.8) is 0 Å². The van der Waals surface area contributed by atoms with Crippen LogP contribution in [0.4, 0.5) is 5.82 Å². The summed E-state index contributed by atoms with van der Waals surface area (Å²) in [5.74, 6) is 0.550. The molecule has 1 aliphatic carbocycles. The molecule has 1 saturated heterocycles. The largest absolute Gasteiger partial charge is 0.313 e. The van der Waals surface area contributed by atoms with Gasteiger partial charge in [0.1, 0.15) is 5.78 Å². The van der Waals surface area contributed by atoms with Crippen molar-refractivity contribution in [2.24, 2.45) is 27.7 Å². The summed E-state index contributed by atoms with van der Waals surface area (Å²) in [6.45, 7) is 9.61. The quantitative estimate of drug-likeness (QED) is 0.661. The zero-order valence-corrected chi connectivity index (χ0v) is 19.8. The van der Waals surface area contributed by atoms with Crippen molar-refractivity contribution in [2.75, 3.05) is 6.54 Å². The van der Waals surface area contributed by atoms with Gasteiger partial charge >= 0.3 is 0 Å². The van der Waals surface area contributed by atoms with Crippen LogP contribution in [0.2, 0.25) is 10.0 Å². The maximum Gasteiger partial charge on any atom is 0.150 e. The summed E-state index contributed by atoms with van der Waals surface area (Å²) >= 11 is 12.6. The molecule has 5 nitrogen and oxygen atoms in total. The van der Waals surface area contributed by atoms with Gasteiger partial charge in [-0.05, 0) is 48.3 Å².